The van der Waals surface area contributed by atoms with Gasteiger partial charge in [-0.2, -0.15) is 0 Å². The van der Waals surface area contributed by atoms with Crippen molar-refractivity contribution in [2.45, 2.75) is 0 Å². The molecule has 0 radical (unpaired) electrons. The lowest BCUT2D eigenvalue weighted by molar-refractivity contribution is 0.670. The number of furan rings is 1. The van der Waals surface area contributed by atoms with E-state index in [2.05, 4.69) is 228 Å². The number of aromatic nitrogens is 1. The molecule has 0 saturated heterocycles. The van der Waals surface area contributed by atoms with E-state index < -0.39 is 0 Å². The Bertz CT molecular complexity index is 3520. The number of hydrogen-bond donors (Lipinski definition) is 0. The zero-order valence-corrected chi connectivity index (χ0v) is 33.2. The van der Waals surface area contributed by atoms with Gasteiger partial charge in [0.05, 0.1) is 11.0 Å². The minimum atomic E-state index is 0.903. The third kappa shape index (κ3) is 5.90. The lowest BCUT2D eigenvalue weighted by Gasteiger charge is -2.26. The molecule has 0 spiro atoms. The van der Waals surface area contributed by atoms with Crippen molar-refractivity contribution < 1.29 is 4.42 Å². The molecule has 3 heteroatoms. The molecule has 0 N–H and O–H groups in total. The minimum absolute atomic E-state index is 0.903. The Labute approximate surface area is 353 Å². The van der Waals surface area contributed by atoms with Crippen LogP contribution in [0.15, 0.2) is 235 Å². The molecule has 0 aliphatic carbocycles. The zero-order chi connectivity index (χ0) is 40.3. The van der Waals surface area contributed by atoms with Crippen LogP contribution in [0.25, 0.3) is 93.6 Å². The topological polar surface area (TPSA) is 21.3 Å². The number of benzene rings is 10. The summed E-state index contributed by atoms with van der Waals surface area (Å²) < 4.78 is 8.83. The molecule has 0 fully saturated rings. The van der Waals surface area contributed by atoms with E-state index in [1.807, 2.05) is 12.1 Å². The maximum absolute atomic E-state index is 6.44. The highest BCUT2D eigenvalue weighted by atomic mass is 16.3. The van der Waals surface area contributed by atoms with Gasteiger partial charge in [0.2, 0.25) is 0 Å². The van der Waals surface area contributed by atoms with Crippen LogP contribution >= 0.6 is 0 Å². The van der Waals surface area contributed by atoms with Gasteiger partial charge in [-0.1, -0.05) is 170 Å². The monoisotopic (exact) mass is 778 g/mol. The van der Waals surface area contributed by atoms with Crippen molar-refractivity contribution in [3.63, 3.8) is 0 Å². The summed E-state index contributed by atoms with van der Waals surface area (Å²) in [4.78, 5) is 2.36. The molecule has 10 aromatic carbocycles. The summed E-state index contributed by atoms with van der Waals surface area (Å²) in [7, 11) is 0. The first-order chi connectivity index (χ1) is 30.2. The highest BCUT2D eigenvalue weighted by molar-refractivity contribution is 6.10. The summed E-state index contributed by atoms with van der Waals surface area (Å²) in [6.07, 6.45) is 0. The van der Waals surface area contributed by atoms with Gasteiger partial charge in [-0.3, -0.25) is 0 Å². The van der Waals surface area contributed by atoms with Crippen LogP contribution in [0.4, 0.5) is 17.1 Å². The summed E-state index contributed by atoms with van der Waals surface area (Å²) >= 11 is 0. The fourth-order valence-corrected chi connectivity index (χ4v) is 9.31. The van der Waals surface area contributed by atoms with E-state index in [9.17, 15) is 0 Å². The molecule has 0 atom stereocenters. The minimum Gasteiger partial charge on any atom is -0.455 e. The van der Waals surface area contributed by atoms with Crippen LogP contribution in [0, 0.1) is 0 Å². The van der Waals surface area contributed by atoms with Crippen LogP contribution in [-0.2, 0) is 0 Å². The van der Waals surface area contributed by atoms with E-state index in [-0.39, 0.29) is 0 Å². The van der Waals surface area contributed by atoms with Crippen molar-refractivity contribution in [1.29, 1.82) is 0 Å². The second kappa shape index (κ2) is 14.3. The molecule has 0 saturated carbocycles. The Morgan fingerprint density at radius 2 is 0.820 bits per heavy atom. The Kier molecular flexibility index (Phi) is 8.17. The van der Waals surface area contributed by atoms with Crippen LogP contribution in [0.5, 0.6) is 0 Å². The first-order valence-corrected chi connectivity index (χ1v) is 20.8. The van der Waals surface area contributed by atoms with Gasteiger partial charge in [-0.15, -0.1) is 0 Å². The summed E-state index contributed by atoms with van der Waals surface area (Å²) in [5, 5.41) is 7.28. The fourth-order valence-electron chi connectivity index (χ4n) is 9.31. The predicted molar refractivity (Wildman–Crippen MR) is 257 cm³/mol. The van der Waals surface area contributed by atoms with Crippen LogP contribution in [-0.4, -0.2) is 4.57 Å². The zero-order valence-electron chi connectivity index (χ0n) is 33.2. The molecule has 2 aromatic heterocycles. The largest absolute Gasteiger partial charge is 0.455 e. The third-order valence-corrected chi connectivity index (χ3v) is 12.2. The van der Waals surface area contributed by atoms with Gasteiger partial charge < -0.3 is 13.9 Å². The molecule has 0 aliphatic rings. The molecule has 2 heterocycles. The molecule has 286 valence electrons. The van der Waals surface area contributed by atoms with Crippen LogP contribution < -0.4 is 4.90 Å². The van der Waals surface area contributed by atoms with E-state index in [4.69, 9.17) is 4.42 Å². The van der Waals surface area contributed by atoms with Gasteiger partial charge >= 0.3 is 0 Å². The number of rotatable bonds is 7. The van der Waals surface area contributed by atoms with Gasteiger partial charge in [-0.05, 0) is 99.3 Å². The lowest BCUT2D eigenvalue weighted by atomic mass is 9.96. The molecule has 61 heavy (non-hydrogen) atoms. The average Bonchev–Trinajstić information content (AvgIpc) is 3.88. The second-order valence-electron chi connectivity index (χ2n) is 15.7. The van der Waals surface area contributed by atoms with Crippen molar-refractivity contribution >= 4 is 71.6 Å². The third-order valence-electron chi connectivity index (χ3n) is 12.2. The Morgan fingerprint density at radius 1 is 0.328 bits per heavy atom. The van der Waals surface area contributed by atoms with Crippen molar-refractivity contribution in [3.8, 4) is 39.1 Å². The Hall–Kier alpha value is -8.14. The molecular weight excluding hydrogens is 741 g/mol. The first-order valence-electron chi connectivity index (χ1n) is 20.8. The average molecular weight is 779 g/mol. The van der Waals surface area contributed by atoms with Gasteiger partial charge in [0, 0.05) is 49.9 Å². The van der Waals surface area contributed by atoms with Crippen molar-refractivity contribution in [2.75, 3.05) is 4.90 Å². The summed E-state index contributed by atoms with van der Waals surface area (Å²) in [6.45, 7) is 0. The van der Waals surface area contributed by atoms with Gasteiger partial charge in [0.25, 0.3) is 0 Å². The normalized spacial score (nSPS) is 11.6. The number of para-hydroxylation sites is 4. The maximum atomic E-state index is 6.44. The van der Waals surface area contributed by atoms with Crippen LogP contribution in [0.3, 0.4) is 0 Å². The van der Waals surface area contributed by atoms with Crippen molar-refractivity contribution in [1.82, 2.24) is 4.57 Å². The number of fused-ring (bicyclic) bond motifs is 7. The summed E-state index contributed by atoms with van der Waals surface area (Å²) in [5.41, 5.74) is 15.5. The molecule has 3 nitrogen and oxygen atoms in total. The molecule has 12 rings (SSSR count). The number of anilines is 3. The molecule has 0 unspecified atom stereocenters. The standard InChI is InChI=1S/C58H38N2O/c1-2-16-48-41(12-1)13-9-20-49(48)42-28-26-39(27-29-42)40-30-34-44(35-31-40)59(45-36-32-43(33-37-45)50-21-11-22-54-53-19-5-8-25-57(53)61-58(50)54)46-14-10-15-47(38-46)60-55-23-6-3-17-51(55)52-18-4-7-24-56(52)60/h1-38H. The van der Waals surface area contributed by atoms with E-state index in [1.54, 1.807) is 0 Å². The highest BCUT2D eigenvalue weighted by Crippen LogP contribution is 2.41. The van der Waals surface area contributed by atoms with E-state index >= 15 is 0 Å². The van der Waals surface area contributed by atoms with E-state index in [1.165, 1.54) is 54.8 Å². The fraction of sp³-hybridized carbons (Fsp3) is 0. The number of hydrogen-bond acceptors (Lipinski definition) is 2. The maximum Gasteiger partial charge on any atom is 0.143 e. The first kappa shape index (κ1) is 34.9. The second-order valence-corrected chi connectivity index (χ2v) is 15.7. The smallest absolute Gasteiger partial charge is 0.143 e. The highest BCUT2D eigenvalue weighted by Gasteiger charge is 2.18. The Morgan fingerprint density at radius 3 is 1.54 bits per heavy atom. The molecular formula is C58H38N2O. The number of nitrogens with zero attached hydrogens (tertiary/aromatic N) is 2. The van der Waals surface area contributed by atoms with Gasteiger partial charge in [0.15, 0.2) is 0 Å². The molecule has 0 bridgehead atoms. The van der Waals surface area contributed by atoms with E-state index in [0.29, 0.717) is 0 Å². The Balaban J connectivity index is 0.950. The molecule has 0 aliphatic heterocycles. The predicted octanol–water partition coefficient (Wildman–Crippen LogP) is 16.3. The van der Waals surface area contributed by atoms with Crippen molar-refractivity contribution in [3.05, 3.63) is 231 Å². The van der Waals surface area contributed by atoms with Crippen LogP contribution in [0.2, 0.25) is 0 Å². The molecule has 0 amide bonds. The van der Waals surface area contributed by atoms with Gasteiger partial charge in [0.1, 0.15) is 11.2 Å². The lowest BCUT2D eigenvalue weighted by Crippen LogP contribution is -2.10. The SMILES string of the molecule is c1cc(N(c2ccc(-c3ccc(-c4cccc5ccccc45)cc3)cc2)c2ccc(-c3cccc4c3oc3ccccc34)cc2)cc(-n2c3ccccc3c3ccccc32)c1. The van der Waals surface area contributed by atoms with Gasteiger partial charge in [-0.25, -0.2) is 0 Å². The summed E-state index contributed by atoms with van der Waals surface area (Å²) in [6, 6.07) is 82.9. The molecule has 12 aromatic rings. The van der Waals surface area contributed by atoms with E-state index in [0.717, 1.165) is 55.8 Å². The quantitative estimate of drug-likeness (QED) is 0.161. The van der Waals surface area contributed by atoms with Crippen molar-refractivity contribution in [2.24, 2.45) is 0 Å². The summed E-state index contributed by atoms with van der Waals surface area (Å²) in [5.74, 6) is 0. The van der Waals surface area contributed by atoms with Crippen LogP contribution in [0.1, 0.15) is 0 Å².